The first-order valence-corrected chi connectivity index (χ1v) is 6.30. The van der Waals surface area contributed by atoms with Crippen molar-refractivity contribution in [2.45, 2.75) is 18.9 Å². The highest BCUT2D eigenvalue weighted by Crippen LogP contribution is 1.99. The van der Waals surface area contributed by atoms with E-state index in [1.54, 1.807) is 12.5 Å². The van der Waals surface area contributed by atoms with E-state index in [9.17, 15) is 4.79 Å². The molecule has 19 heavy (non-hydrogen) atoms. The van der Waals surface area contributed by atoms with Crippen LogP contribution in [0.25, 0.3) is 0 Å². The molecule has 2 rings (SSSR count). The molecule has 2 aromatic rings. The van der Waals surface area contributed by atoms with Gasteiger partial charge in [0.25, 0.3) is 0 Å². The molecule has 100 valence electrons. The molecular formula is C14H18N4O. The number of nitrogens with two attached hydrogens (primary N) is 1. The zero-order chi connectivity index (χ0) is 13.5. The first kappa shape index (κ1) is 13.3. The summed E-state index contributed by atoms with van der Waals surface area (Å²) in [6.45, 7) is 0.597. The lowest BCUT2D eigenvalue weighted by molar-refractivity contribution is -0.122. The Labute approximate surface area is 112 Å². The molecule has 1 heterocycles. The number of carbonyl (C=O) groups excluding carboxylic acids is 1. The van der Waals surface area contributed by atoms with Crippen molar-refractivity contribution in [1.82, 2.24) is 15.3 Å². The lowest BCUT2D eigenvalue weighted by Gasteiger charge is -2.11. The molecule has 0 radical (unpaired) electrons. The normalized spacial score (nSPS) is 12.1. The van der Waals surface area contributed by atoms with Gasteiger partial charge in [-0.2, -0.15) is 0 Å². The van der Waals surface area contributed by atoms with Gasteiger partial charge in [0.1, 0.15) is 0 Å². The molecule has 1 unspecified atom stereocenters. The molecule has 0 saturated heterocycles. The SMILES string of the molecule is NC(Cc1cnc[nH]1)C(=O)NCCc1ccccc1. The van der Waals surface area contributed by atoms with Crippen LogP contribution in [-0.2, 0) is 17.6 Å². The Hall–Kier alpha value is -2.14. The minimum Gasteiger partial charge on any atom is -0.354 e. The van der Waals surface area contributed by atoms with Crippen molar-refractivity contribution in [2.75, 3.05) is 6.54 Å². The largest absolute Gasteiger partial charge is 0.354 e. The quantitative estimate of drug-likeness (QED) is 0.711. The third-order valence-corrected chi connectivity index (χ3v) is 2.89. The van der Waals surface area contributed by atoms with Gasteiger partial charge in [-0.3, -0.25) is 4.79 Å². The number of nitrogens with one attached hydrogen (secondary N) is 2. The Bertz CT molecular complexity index is 495. The molecular weight excluding hydrogens is 240 g/mol. The van der Waals surface area contributed by atoms with Crippen LogP contribution in [0.2, 0.25) is 0 Å². The van der Waals surface area contributed by atoms with E-state index in [0.717, 1.165) is 12.1 Å². The smallest absolute Gasteiger partial charge is 0.237 e. The molecule has 5 nitrogen and oxygen atoms in total. The van der Waals surface area contributed by atoms with Crippen molar-refractivity contribution in [1.29, 1.82) is 0 Å². The van der Waals surface area contributed by atoms with Crippen LogP contribution in [0, 0.1) is 0 Å². The standard InChI is InChI=1S/C14H18N4O/c15-13(8-12-9-16-10-18-12)14(19)17-7-6-11-4-2-1-3-5-11/h1-5,9-10,13H,6-8,15H2,(H,16,18)(H,17,19). The van der Waals surface area contributed by atoms with E-state index in [-0.39, 0.29) is 5.91 Å². The fourth-order valence-corrected chi connectivity index (χ4v) is 1.83. The van der Waals surface area contributed by atoms with E-state index in [0.29, 0.717) is 13.0 Å². The number of imidazole rings is 1. The molecule has 0 saturated carbocycles. The van der Waals surface area contributed by atoms with Crippen molar-refractivity contribution in [3.63, 3.8) is 0 Å². The molecule has 1 atom stereocenters. The van der Waals surface area contributed by atoms with Gasteiger partial charge in [-0.1, -0.05) is 30.3 Å². The van der Waals surface area contributed by atoms with Crippen LogP contribution in [-0.4, -0.2) is 28.5 Å². The zero-order valence-electron chi connectivity index (χ0n) is 10.7. The van der Waals surface area contributed by atoms with Gasteiger partial charge in [-0.05, 0) is 12.0 Å². The molecule has 0 bridgehead atoms. The lowest BCUT2D eigenvalue weighted by atomic mass is 10.1. The molecule has 0 aliphatic rings. The van der Waals surface area contributed by atoms with Crippen molar-refractivity contribution < 1.29 is 4.79 Å². The van der Waals surface area contributed by atoms with Gasteiger partial charge in [0.2, 0.25) is 5.91 Å². The summed E-state index contributed by atoms with van der Waals surface area (Å²) in [4.78, 5) is 18.6. The van der Waals surface area contributed by atoms with Crippen LogP contribution in [0.15, 0.2) is 42.9 Å². The van der Waals surface area contributed by atoms with E-state index in [1.165, 1.54) is 5.56 Å². The van der Waals surface area contributed by atoms with Gasteiger partial charge in [-0.25, -0.2) is 4.98 Å². The number of aromatic nitrogens is 2. The van der Waals surface area contributed by atoms with Crippen molar-refractivity contribution in [2.24, 2.45) is 5.73 Å². The highest BCUT2D eigenvalue weighted by Gasteiger charge is 2.13. The molecule has 0 aliphatic heterocycles. The Morgan fingerprint density at radius 1 is 1.37 bits per heavy atom. The van der Waals surface area contributed by atoms with Crippen LogP contribution in [0.1, 0.15) is 11.3 Å². The minimum absolute atomic E-state index is 0.134. The van der Waals surface area contributed by atoms with Crippen LogP contribution in [0.3, 0.4) is 0 Å². The van der Waals surface area contributed by atoms with Crippen LogP contribution >= 0.6 is 0 Å². The second-order valence-electron chi connectivity index (χ2n) is 4.41. The molecule has 4 N–H and O–H groups in total. The topological polar surface area (TPSA) is 83.8 Å². The maximum atomic E-state index is 11.8. The number of H-pyrrole nitrogens is 1. The second kappa shape index (κ2) is 6.70. The predicted octanol–water partition coefficient (Wildman–Crippen LogP) is 0.638. The number of nitrogens with zero attached hydrogens (tertiary/aromatic N) is 1. The zero-order valence-corrected chi connectivity index (χ0v) is 10.7. The Morgan fingerprint density at radius 2 is 2.16 bits per heavy atom. The molecule has 0 spiro atoms. The minimum atomic E-state index is -0.545. The molecule has 1 aromatic carbocycles. The van der Waals surface area contributed by atoms with Crippen molar-refractivity contribution in [3.05, 3.63) is 54.1 Å². The van der Waals surface area contributed by atoms with Crippen LogP contribution in [0.4, 0.5) is 0 Å². The van der Waals surface area contributed by atoms with Crippen molar-refractivity contribution >= 4 is 5.91 Å². The van der Waals surface area contributed by atoms with E-state index >= 15 is 0 Å². The molecule has 0 aliphatic carbocycles. The number of benzene rings is 1. The highest BCUT2D eigenvalue weighted by molar-refractivity contribution is 5.81. The van der Waals surface area contributed by atoms with E-state index < -0.39 is 6.04 Å². The third kappa shape index (κ3) is 4.22. The van der Waals surface area contributed by atoms with Crippen LogP contribution in [0.5, 0.6) is 0 Å². The third-order valence-electron chi connectivity index (χ3n) is 2.89. The van der Waals surface area contributed by atoms with E-state index in [2.05, 4.69) is 15.3 Å². The summed E-state index contributed by atoms with van der Waals surface area (Å²) >= 11 is 0. The summed E-state index contributed by atoms with van der Waals surface area (Å²) in [7, 11) is 0. The van der Waals surface area contributed by atoms with E-state index in [1.807, 2.05) is 30.3 Å². The summed E-state index contributed by atoms with van der Waals surface area (Å²) in [5, 5.41) is 2.85. The summed E-state index contributed by atoms with van der Waals surface area (Å²) in [5.41, 5.74) is 7.89. The maximum absolute atomic E-state index is 11.8. The van der Waals surface area contributed by atoms with Gasteiger partial charge >= 0.3 is 0 Å². The Morgan fingerprint density at radius 3 is 2.84 bits per heavy atom. The second-order valence-corrected chi connectivity index (χ2v) is 4.41. The average molecular weight is 258 g/mol. The Kier molecular flexibility index (Phi) is 4.69. The summed E-state index contributed by atoms with van der Waals surface area (Å²) in [6.07, 6.45) is 4.53. The summed E-state index contributed by atoms with van der Waals surface area (Å²) in [6, 6.07) is 9.48. The lowest BCUT2D eigenvalue weighted by Crippen LogP contribution is -2.42. The fraction of sp³-hybridized carbons (Fsp3) is 0.286. The number of rotatable bonds is 6. The molecule has 5 heteroatoms. The van der Waals surface area contributed by atoms with E-state index in [4.69, 9.17) is 5.73 Å². The van der Waals surface area contributed by atoms with Crippen molar-refractivity contribution in [3.8, 4) is 0 Å². The van der Waals surface area contributed by atoms with Gasteiger partial charge in [-0.15, -0.1) is 0 Å². The molecule has 0 fully saturated rings. The number of aromatic amines is 1. The molecule has 1 amide bonds. The highest BCUT2D eigenvalue weighted by atomic mass is 16.2. The summed E-state index contributed by atoms with van der Waals surface area (Å²) < 4.78 is 0. The number of amides is 1. The first-order valence-electron chi connectivity index (χ1n) is 6.30. The Balaban J connectivity index is 1.72. The first-order chi connectivity index (χ1) is 9.25. The maximum Gasteiger partial charge on any atom is 0.237 e. The monoisotopic (exact) mass is 258 g/mol. The molecule has 1 aromatic heterocycles. The predicted molar refractivity (Wildman–Crippen MR) is 73.4 cm³/mol. The van der Waals surface area contributed by atoms with Gasteiger partial charge in [0.05, 0.1) is 12.4 Å². The van der Waals surface area contributed by atoms with Gasteiger partial charge in [0.15, 0.2) is 0 Å². The fourth-order valence-electron chi connectivity index (χ4n) is 1.83. The average Bonchev–Trinajstić information content (AvgIpc) is 2.92. The van der Waals surface area contributed by atoms with Gasteiger partial charge < -0.3 is 16.0 Å². The van der Waals surface area contributed by atoms with Gasteiger partial charge in [0, 0.05) is 24.9 Å². The summed E-state index contributed by atoms with van der Waals surface area (Å²) in [5.74, 6) is -0.134. The number of carbonyl (C=O) groups is 1. The van der Waals surface area contributed by atoms with Crippen LogP contribution < -0.4 is 11.1 Å². The number of hydrogen-bond acceptors (Lipinski definition) is 3. The number of hydrogen-bond donors (Lipinski definition) is 3.